The van der Waals surface area contributed by atoms with Crippen LogP contribution in [-0.4, -0.2) is 65.4 Å². The molecule has 0 aliphatic carbocycles. The van der Waals surface area contributed by atoms with Gasteiger partial charge in [0.05, 0.1) is 6.54 Å². The number of phenolic OH excluding ortho intramolecular Hbond substituents is 2. The Morgan fingerprint density at radius 3 is 1.86 bits per heavy atom. The first kappa shape index (κ1) is 20.4. The highest BCUT2D eigenvalue weighted by Gasteiger charge is 2.27. The molecule has 6 heteroatoms. The molecule has 0 unspecified atom stereocenters. The van der Waals surface area contributed by atoms with E-state index < -0.39 is 0 Å². The third kappa shape index (κ3) is 5.33. The van der Waals surface area contributed by atoms with Crippen molar-refractivity contribution in [2.75, 3.05) is 33.7 Å². The molecule has 2 aromatic rings. The van der Waals surface area contributed by atoms with Crippen LogP contribution in [0, 0.1) is 0 Å². The van der Waals surface area contributed by atoms with Crippen molar-refractivity contribution in [3.05, 3.63) is 70.8 Å². The molecule has 150 valence electrons. The van der Waals surface area contributed by atoms with Gasteiger partial charge in [0, 0.05) is 38.3 Å². The summed E-state index contributed by atoms with van der Waals surface area (Å²) in [7, 11) is 3.40. The van der Waals surface area contributed by atoms with E-state index in [-0.39, 0.29) is 29.7 Å². The summed E-state index contributed by atoms with van der Waals surface area (Å²) in [5.41, 5.74) is 2.51. The van der Waals surface area contributed by atoms with Gasteiger partial charge in [0.25, 0.3) is 0 Å². The molecule has 1 amide bonds. The molecule has 6 nitrogen and oxygen atoms in total. The van der Waals surface area contributed by atoms with Gasteiger partial charge < -0.3 is 15.1 Å². The van der Waals surface area contributed by atoms with E-state index in [4.69, 9.17) is 0 Å². The van der Waals surface area contributed by atoms with Gasteiger partial charge >= 0.3 is 0 Å². The van der Waals surface area contributed by atoms with Gasteiger partial charge in [-0.2, -0.15) is 0 Å². The molecule has 0 spiro atoms. The van der Waals surface area contributed by atoms with Crippen LogP contribution in [0.4, 0.5) is 0 Å². The van der Waals surface area contributed by atoms with Crippen LogP contribution in [0.3, 0.4) is 0 Å². The molecule has 2 N–H and O–H groups in total. The number of hydrogen-bond donors (Lipinski definition) is 2. The van der Waals surface area contributed by atoms with Crippen molar-refractivity contribution in [1.82, 2.24) is 9.80 Å². The van der Waals surface area contributed by atoms with Gasteiger partial charge in [0.2, 0.25) is 5.91 Å². The van der Waals surface area contributed by atoms with E-state index in [0.29, 0.717) is 35.4 Å². The summed E-state index contributed by atoms with van der Waals surface area (Å²) < 4.78 is 0. The lowest BCUT2D eigenvalue weighted by molar-refractivity contribution is -0.130. The van der Waals surface area contributed by atoms with Crippen molar-refractivity contribution in [3.63, 3.8) is 0 Å². The van der Waals surface area contributed by atoms with E-state index in [2.05, 4.69) is 0 Å². The minimum atomic E-state index is -0.106. The zero-order valence-electron chi connectivity index (χ0n) is 16.5. The molecular formula is C23H24N2O4. The number of Topliss-reactive ketones (excluding diaryl/α,β-unsaturated/α-hetero) is 1. The molecule has 0 radical (unpaired) electrons. The Kier molecular flexibility index (Phi) is 6.14. The Morgan fingerprint density at radius 2 is 1.45 bits per heavy atom. The maximum atomic E-state index is 13.1. The summed E-state index contributed by atoms with van der Waals surface area (Å²) in [6.45, 7) is 0.867. The Morgan fingerprint density at radius 1 is 0.966 bits per heavy atom. The monoisotopic (exact) mass is 392 g/mol. The number of phenols is 2. The molecule has 0 aromatic heterocycles. The highest BCUT2D eigenvalue weighted by molar-refractivity contribution is 6.14. The summed E-state index contributed by atoms with van der Waals surface area (Å²) in [4.78, 5) is 28.7. The lowest BCUT2D eigenvalue weighted by Crippen LogP contribution is -2.43. The third-order valence-electron chi connectivity index (χ3n) is 4.65. The first-order valence-electron chi connectivity index (χ1n) is 9.28. The third-order valence-corrected chi connectivity index (χ3v) is 4.65. The Hall–Kier alpha value is -3.38. The van der Waals surface area contributed by atoms with E-state index in [9.17, 15) is 19.8 Å². The summed E-state index contributed by atoms with van der Waals surface area (Å²) in [6.07, 6.45) is 3.48. The number of carbonyl (C=O) groups is 2. The quantitative estimate of drug-likeness (QED) is 0.782. The molecule has 29 heavy (non-hydrogen) atoms. The van der Waals surface area contributed by atoms with E-state index in [1.165, 1.54) is 4.90 Å². The molecular weight excluding hydrogens is 368 g/mol. The molecule has 3 rings (SSSR count). The van der Waals surface area contributed by atoms with E-state index >= 15 is 0 Å². The topological polar surface area (TPSA) is 81.1 Å². The summed E-state index contributed by atoms with van der Waals surface area (Å²) in [5, 5.41) is 19.4. The van der Waals surface area contributed by atoms with Gasteiger partial charge in [0.15, 0.2) is 5.78 Å². The lowest BCUT2D eigenvalue weighted by Gasteiger charge is -2.30. The number of benzene rings is 2. The summed E-state index contributed by atoms with van der Waals surface area (Å²) >= 11 is 0. The Balaban J connectivity index is 1.96. The molecule has 0 atom stereocenters. The van der Waals surface area contributed by atoms with E-state index in [1.54, 1.807) is 62.6 Å². The number of amides is 1. The van der Waals surface area contributed by atoms with Gasteiger partial charge in [-0.3, -0.25) is 14.5 Å². The molecule has 1 aliphatic heterocycles. The molecule has 0 bridgehead atoms. The fourth-order valence-corrected chi connectivity index (χ4v) is 3.19. The zero-order valence-corrected chi connectivity index (χ0v) is 16.5. The van der Waals surface area contributed by atoms with Crippen molar-refractivity contribution < 1.29 is 19.8 Å². The highest BCUT2D eigenvalue weighted by atomic mass is 16.3. The Bertz CT molecular complexity index is 924. The van der Waals surface area contributed by atoms with Crippen LogP contribution < -0.4 is 0 Å². The molecule has 1 heterocycles. The normalized spacial score (nSPS) is 17.7. The van der Waals surface area contributed by atoms with Crippen LogP contribution in [0.25, 0.3) is 12.2 Å². The van der Waals surface area contributed by atoms with Crippen LogP contribution in [0.1, 0.15) is 11.1 Å². The summed E-state index contributed by atoms with van der Waals surface area (Å²) in [6, 6.07) is 13.4. The van der Waals surface area contributed by atoms with Crippen molar-refractivity contribution in [1.29, 1.82) is 0 Å². The van der Waals surface area contributed by atoms with Crippen molar-refractivity contribution >= 4 is 23.8 Å². The van der Waals surface area contributed by atoms with Crippen molar-refractivity contribution in [2.24, 2.45) is 0 Å². The van der Waals surface area contributed by atoms with E-state index in [1.807, 2.05) is 17.0 Å². The average Bonchev–Trinajstić information content (AvgIpc) is 2.65. The number of carbonyl (C=O) groups excluding carboxylic acids is 2. The lowest BCUT2D eigenvalue weighted by atomic mass is 9.94. The number of nitrogens with zero attached hydrogens (tertiary/aromatic N) is 2. The number of aromatic hydroxyl groups is 2. The van der Waals surface area contributed by atoms with Crippen LogP contribution in [0.2, 0.25) is 0 Å². The van der Waals surface area contributed by atoms with Crippen LogP contribution in [0.5, 0.6) is 11.5 Å². The fourth-order valence-electron chi connectivity index (χ4n) is 3.19. The first-order chi connectivity index (χ1) is 13.8. The molecule has 1 saturated heterocycles. The number of ketones is 1. The predicted octanol–water partition coefficient (Wildman–Crippen LogP) is 2.54. The zero-order chi connectivity index (χ0) is 21.0. The average molecular weight is 392 g/mol. The van der Waals surface area contributed by atoms with Crippen LogP contribution >= 0.6 is 0 Å². The highest BCUT2D eigenvalue weighted by Crippen LogP contribution is 2.24. The smallest absolute Gasteiger partial charge is 0.236 e. The van der Waals surface area contributed by atoms with Crippen molar-refractivity contribution in [2.45, 2.75) is 0 Å². The van der Waals surface area contributed by atoms with Gasteiger partial charge in [-0.05, 0) is 47.5 Å². The number of piperidine rings is 1. The second-order valence-electron chi connectivity index (χ2n) is 7.29. The largest absolute Gasteiger partial charge is 0.508 e. The number of likely N-dealkylation sites (N-methyl/N-ethyl adjacent to an activating group) is 1. The molecule has 1 fully saturated rings. The second-order valence-corrected chi connectivity index (χ2v) is 7.29. The predicted molar refractivity (Wildman–Crippen MR) is 112 cm³/mol. The fraction of sp³-hybridized carbons (Fsp3) is 0.217. The van der Waals surface area contributed by atoms with Crippen LogP contribution in [0.15, 0.2) is 59.7 Å². The first-order valence-corrected chi connectivity index (χ1v) is 9.28. The number of rotatable bonds is 4. The minimum absolute atomic E-state index is 0.0484. The number of likely N-dealkylation sites (tertiary alicyclic amines) is 1. The standard InChI is InChI=1S/C23H24N2O4/c1-24(2)22(28)15-25-13-18(9-16-5-3-7-20(26)11-16)23(29)19(14-25)10-17-6-4-8-21(27)12-17/h3-12,26-27H,13-15H2,1-2H3. The SMILES string of the molecule is CN(C)C(=O)CN1CC(=Cc2cccc(O)c2)C(=O)C(=Cc2cccc(O)c2)C1. The van der Waals surface area contributed by atoms with Crippen LogP contribution in [-0.2, 0) is 9.59 Å². The maximum Gasteiger partial charge on any atom is 0.236 e. The molecule has 0 saturated carbocycles. The van der Waals surface area contributed by atoms with Gasteiger partial charge in [-0.15, -0.1) is 0 Å². The second kappa shape index (κ2) is 8.75. The van der Waals surface area contributed by atoms with Gasteiger partial charge in [-0.25, -0.2) is 0 Å². The molecule has 2 aromatic carbocycles. The molecule has 1 aliphatic rings. The van der Waals surface area contributed by atoms with E-state index in [0.717, 1.165) is 0 Å². The Labute approximate surface area is 170 Å². The summed E-state index contributed by atoms with van der Waals surface area (Å²) in [5.74, 6) is 0.0913. The van der Waals surface area contributed by atoms with Crippen molar-refractivity contribution in [3.8, 4) is 11.5 Å². The maximum absolute atomic E-state index is 13.1. The number of hydrogen-bond acceptors (Lipinski definition) is 5. The van der Waals surface area contributed by atoms with Gasteiger partial charge in [-0.1, -0.05) is 24.3 Å². The van der Waals surface area contributed by atoms with Gasteiger partial charge in [0.1, 0.15) is 11.5 Å². The minimum Gasteiger partial charge on any atom is -0.508 e.